The highest BCUT2D eigenvalue weighted by molar-refractivity contribution is 5.95. The second-order valence-corrected chi connectivity index (χ2v) is 5.48. The zero-order valence-corrected chi connectivity index (χ0v) is 13.2. The fraction of sp³-hybridized carbons (Fsp3) is 0.312. The molecule has 0 aliphatic heterocycles. The van der Waals surface area contributed by atoms with Crippen LogP contribution in [-0.2, 0) is 6.54 Å². The molecular weight excluding hydrogens is 296 g/mol. The minimum absolute atomic E-state index is 0.0223. The van der Waals surface area contributed by atoms with Crippen LogP contribution in [0.15, 0.2) is 30.5 Å². The molecule has 7 nitrogen and oxygen atoms in total. The monoisotopic (exact) mass is 314 g/mol. The maximum absolute atomic E-state index is 12.3. The fourth-order valence-corrected chi connectivity index (χ4v) is 2.12. The van der Waals surface area contributed by atoms with Crippen molar-refractivity contribution in [2.45, 2.75) is 33.2 Å². The van der Waals surface area contributed by atoms with Crippen LogP contribution >= 0.6 is 0 Å². The van der Waals surface area contributed by atoms with Gasteiger partial charge in [0.05, 0.1) is 16.2 Å². The number of rotatable bonds is 5. The Hall–Kier alpha value is -2.83. The Balaban J connectivity index is 2.09. The van der Waals surface area contributed by atoms with Crippen molar-refractivity contribution in [3.05, 3.63) is 63.2 Å². The Bertz CT molecular complexity index is 727. The largest absolute Gasteiger partial charge is 0.348 e. The maximum atomic E-state index is 12.3. The number of nitro benzene ring substituents is 1. The van der Waals surface area contributed by atoms with Crippen LogP contribution in [0, 0.1) is 17.0 Å². The molecule has 0 saturated heterocycles. The van der Waals surface area contributed by atoms with Gasteiger partial charge in [0.1, 0.15) is 5.82 Å². The first-order valence-electron chi connectivity index (χ1n) is 7.23. The quantitative estimate of drug-likeness (QED) is 0.676. The normalized spacial score (nSPS) is 10.6. The molecule has 7 heteroatoms. The number of nitrogens with zero attached hydrogens (tertiary/aromatic N) is 3. The van der Waals surface area contributed by atoms with Gasteiger partial charge in [0, 0.05) is 24.9 Å². The molecule has 2 rings (SSSR count). The van der Waals surface area contributed by atoms with Crippen LogP contribution in [0.3, 0.4) is 0 Å². The van der Waals surface area contributed by atoms with Gasteiger partial charge in [0.15, 0.2) is 0 Å². The summed E-state index contributed by atoms with van der Waals surface area (Å²) in [5.41, 5.74) is 1.96. The molecule has 1 N–H and O–H groups in total. The number of aromatic nitrogens is 2. The number of carbonyl (C=O) groups excluding carboxylic acids is 1. The molecule has 0 atom stereocenters. The third-order valence-corrected chi connectivity index (χ3v) is 3.33. The molecule has 0 saturated carbocycles. The predicted octanol–water partition coefficient (Wildman–Crippen LogP) is 2.75. The first-order chi connectivity index (χ1) is 10.9. The van der Waals surface area contributed by atoms with Gasteiger partial charge < -0.3 is 5.32 Å². The molecule has 0 bridgehead atoms. The lowest BCUT2D eigenvalue weighted by atomic mass is 10.0. The summed E-state index contributed by atoms with van der Waals surface area (Å²) in [6, 6.07) is 6.06. The first-order valence-corrected chi connectivity index (χ1v) is 7.23. The number of nitrogens with one attached hydrogen (secondary N) is 1. The van der Waals surface area contributed by atoms with E-state index in [-0.39, 0.29) is 24.1 Å². The first kappa shape index (κ1) is 16.5. The van der Waals surface area contributed by atoms with Crippen molar-refractivity contribution in [1.82, 2.24) is 15.3 Å². The topological polar surface area (TPSA) is 98.0 Å². The number of nitro groups is 1. The van der Waals surface area contributed by atoms with Crippen LogP contribution in [0.25, 0.3) is 0 Å². The molecule has 0 spiro atoms. The number of hydrogen-bond donors (Lipinski definition) is 1. The summed E-state index contributed by atoms with van der Waals surface area (Å²) in [4.78, 5) is 30.9. The van der Waals surface area contributed by atoms with Gasteiger partial charge in [-0.3, -0.25) is 14.9 Å². The van der Waals surface area contributed by atoms with E-state index >= 15 is 0 Å². The molecule has 23 heavy (non-hydrogen) atoms. The molecule has 0 fully saturated rings. The van der Waals surface area contributed by atoms with Gasteiger partial charge in [-0.05, 0) is 18.4 Å². The average Bonchev–Trinajstić information content (AvgIpc) is 2.52. The number of aryl methyl sites for hydroxylation is 1. The highest BCUT2D eigenvalue weighted by Crippen LogP contribution is 2.17. The summed E-state index contributed by atoms with van der Waals surface area (Å²) in [7, 11) is 0. The molecule has 1 heterocycles. The second-order valence-electron chi connectivity index (χ2n) is 5.48. The van der Waals surface area contributed by atoms with Crippen molar-refractivity contribution in [3.8, 4) is 0 Å². The molecule has 2 aromatic rings. The highest BCUT2D eigenvalue weighted by atomic mass is 16.6. The summed E-state index contributed by atoms with van der Waals surface area (Å²) in [6.45, 7) is 6.00. The maximum Gasteiger partial charge on any atom is 0.269 e. The standard InChI is InChI=1S/C16H18N4O3/c1-10(2)15-14(9-17-11(3)19-15)16(21)18-8-12-4-6-13(7-5-12)20(22)23/h4-7,9-10H,8H2,1-3H3,(H,18,21). The van der Waals surface area contributed by atoms with Crippen LogP contribution in [0.1, 0.15) is 47.2 Å². The van der Waals surface area contributed by atoms with Gasteiger partial charge in [-0.25, -0.2) is 9.97 Å². The van der Waals surface area contributed by atoms with E-state index in [1.807, 2.05) is 13.8 Å². The van der Waals surface area contributed by atoms with Crippen LogP contribution in [-0.4, -0.2) is 20.8 Å². The Morgan fingerprint density at radius 2 is 1.96 bits per heavy atom. The molecule has 1 amide bonds. The highest BCUT2D eigenvalue weighted by Gasteiger charge is 2.16. The van der Waals surface area contributed by atoms with Crippen molar-refractivity contribution < 1.29 is 9.72 Å². The van der Waals surface area contributed by atoms with Gasteiger partial charge in [0.25, 0.3) is 11.6 Å². The molecule has 0 unspecified atom stereocenters. The molecule has 0 aliphatic carbocycles. The Morgan fingerprint density at radius 3 is 2.52 bits per heavy atom. The van der Waals surface area contributed by atoms with Crippen LogP contribution in [0.4, 0.5) is 5.69 Å². The number of benzene rings is 1. The minimum atomic E-state index is -0.457. The second kappa shape index (κ2) is 6.95. The van der Waals surface area contributed by atoms with Gasteiger partial charge in [-0.15, -0.1) is 0 Å². The van der Waals surface area contributed by atoms with E-state index in [4.69, 9.17) is 0 Å². The summed E-state index contributed by atoms with van der Waals surface area (Å²) in [5, 5.41) is 13.4. The van der Waals surface area contributed by atoms with Gasteiger partial charge in [-0.2, -0.15) is 0 Å². The third kappa shape index (κ3) is 4.09. The van der Waals surface area contributed by atoms with E-state index in [0.717, 1.165) is 5.56 Å². The lowest BCUT2D eigenvalue weighted by Crippen LogP contribution is -2.25. The smallest absolute Gasteiger partial charge is 0.269 e. The number of amides is 1. The molecule has 1 aromatic heterocycles. The third-order valence-electron chi connectivity index (χ3n) is 3.33. The summed E-state index contributed by atoms with van der Waals surface area (Å²) in [6.07, 6.45) is 1.53. The van der Waals surface area contributed by atoms with Gasteiger partial charge in [-0.1, -0.05) is 26.0 Å². The zero-order chi connectivity index (χ0) is 17.0. The molecule has 1 aromatic carbocycles. The minimum Gasteiger partial charge on any atom is -0.348 e. The predicted molar refractivity (Wildman–Crippen MR) is 85.1 cm³/mol. The van der Waals surface area contributed by atoms with Gasteiger partial charge >= 0.3 is 0 Å². The molecular formula is C16H18N4O3. The lowest BCUT2D eigenvalue weighted by Gasteiger charge is -2.12. The van der Waals surface area contributed by atoms with E-state index in [1.54, 1.807) is 19.1 Å². The SMILES string of the molecule is Cc1ncc(C(=O)NCc2ccc([N+](=O)[O-])cc2)c(C(C)C)n1. The van der Waals surface area contributed by atoms with Crippen LogP contribution in [0.2, 0.25) is 0 Å². The Labute approximate surface area is 133 Å². The van der Waals surface area contributed by atoms with Crippen molar-refractivity contribution in [3.63, 3.8) is 0 Å². The number of hydrogen-bond acceptors (Lipinski definition) is 5. The lowest BCUT2D eigenvalue weighted by molar-refractivity contribution is -0.384. The van der Waals surface area contributed by atoms with E-state index in [0.29, 0.717) is 17.1 Å². The van der Waals surface area contributed by atoms with Gasteiger partial charge in [0.2, 0.25) is 0 Å². The number of carbonyl (C=O) groups is 1. The summed E-state index contributed by atoms with van der Waals surface area (Å²) >= 11 is 0. The van der Waals surface area contributed by atoms with Crippen molar-refractivity contribution >= 4 is 11.6 Å². The Kier molecular flexibility index (Phi) is 5.00. The zero-order valence-electron chi connectivity index (χ0n) is 13.2. The molecule has 0 aliphatic rings. The Morgan fingerprint density at radius 1 is 1.30 bits per heavy atom. The van der Waals surface area contributed by atoms with Crippen molar-refractivity contribution in [2.24, 2.45) is 0 Å². The fourth-order valence-electron chi connectivity index (χ4n) is 2.12. The molecule has 120 valence electrons. The summed E-state index contributed by atoms with van der Waals surface area (Å²) < 4.78 is 0. The van der Waals surface area contributed by atoms with E-state index < -0.39 is 4.92 Å². The van der Waals surface area contributed by atoms with E-state index in [1.165, 1.54) is 18.3 Å². The van der Waals surface area contributed by atoms with Crippen LogP contribution < -0.4 is 5.32 Å². The van der Waals surface area contributed by atoms with Crippen molar-refractivity contribution in [2.75, 3.05) is 0 Å². The number of non-ortho nitro benzene ring substituents is 1. The van der Waals surface area contributed by atoms with Crippen LogP contribution in [0.5, 0.6) is 0 Å². The van der Waals surface area contributed by atoms with E-state index in [9.17, 15) is 14.9 Å². The average molecular weight is 314 g/mol. The molecule has 0 radical (unpaired) electrons. The van der Waals surface area contributed by atoms with E-state index in [2.05, 4.69) is 15.3 Å². The van der Waals surface area contributed by atoms with Crippen molar-refractivity contribution in [1.29, 1.82) is 0 Å². The summed E-state index contributed by atoms with van der Waals surface area (Å²) in [5.74, 6) is 0.476.